The molecule has 4 N–H and O–H groups in total. The highest BCUT2D eigenvalue weighted by Gasteiger charge is 2.04. The quantitative estimate of drug-likeness (QED) is 0.624. The molecule has 0 bridgehead atoms. The van der Waals surface area contributed by atoms with Crippen LogP contribution in [0.15, 0.2) is 24.3 Å². The smallest absolute Gasteiger partial charge is 0.251 e. The highest BCUT2D eigenvalue weighted by Crippen LogP contribution is 2.05. The second kappa shape index (κ2) is 9.09. The average molecular weight is 277 g/mol. The van der Waals surface area contributed by atoms with Crippen molar-refractivity contribution in [2.24, 2.45) is 5.73 Å². The molecule has 0 saturated carbocycles. The van der Waals surface area contributed by atoms with Crippen molar-refractivity contribution in [3.05, 3.63) is 35.4 Å². The van der Waals surface area contributed by atoms with Crippen molar-refractivity contribution in [1.82, 2.24) is 10.6 Å². The maximum Gasteiger partial charge on any atom is 0.251 e. The Kier molecular flexibility index (Phi) is 7.35. The molecule has 110 valence electrons. The van der Waals surface area contributed by atoms with Crippen LogP contribution in [0.5, 0.6) is 0 Å². The van der Waals surface area contributed by atoms with Crippen LogP contribution in [-0.4, -0.2) is 25.4 Å². The number of carbonyl (C=O) groups excluding carboxylic acids is 2. The summed E-state index contributed by atoms with van der Waals surface area (Å²) in [6.45, 7) is 1.17. The molecule has 0 aliphatic rings. The van der Waals surface area contributed by atoms with Crippen molar-refractivity contribution < 1.29 is 9.59 Å². The van der Waals surface area contributed by atoms with Crippen LogP contribution in [0.3, 0.4) is 0 Å². The molecule has 5 nitrogen and oxygen atoms in total. The maximum atomic E-state index is 11.6. The fraction of sp³-hybridized carbons (Fsp3) is 0.467. The summed E-state index contributed by atoms with van der Waals surface area (Å²) < 4.78 is 0. The number of unbranched alkanes of at least 4 members (excludes halogenated alkanes) is 2. The third-order valence-electron chi connectivity index (χ3n) is 3.04. The molecular weight excluding hydrogens is 254 g/mol. The lowest BCUT2D eigenvalue weighted by Gasteiger charge is -2.06. The fourth-order valence-corrected chi connectivity index (χ4v) is 1.81. The van der Waals surface area contributed by atoms with Gasteiger partial charge in [0.25, 0.3) is 5.91 Å². The van der Waals surface area contributed by atoms with E-state index in [0.29, 0.717) is 25.1 Å². The first-order chi connectivity index (χ1) is 9.67. The van der Waals surface area contributed by atoms with Gasteiger partial charge in [-0.05, 0) is 37.1 Å². The molecule has 0 fully saturated rings. The molecule has 0 aromatic heterocycles. The molecule has 0 spiro atoms. The second-order valence-corrected chi connectivity index (χ2v) is 4.65. The largest absolute Gasteiger partial charge is 0.355 e. The Labute approximate surface area is 119 Å². The highest BCUT2D eigenvalue weighted by molar-refractivity contribution is 5.93. The van der Waals surface area contributed by atoms with Gasteiger partial charge in [-0.1, -0.05) is 18.6 Å². The molecule has 0 aliphatic carbocycles. The standard InChI is InChI=1S/C15H23N3O2/c1-17-15(20)13-8-6-12(7-9-13)11-18-14(19)5-3-2-4-10-16/h6-9H,2-5,10-11,16H2,1H3,(H,17,20)(H,18,19). The number of amides is 2. The van der Waals surface area contributed by atoms with Crippen LogP contribution in [0.25, 0.3) is 0 Å². The SMILES string of the molecule is CNC(=O)c1ccc(CNC(=O)CCCCCN)cc1. The van der Waals surface area contributed by atoms with Gasteiger partial charge in [-0.3, -0.25) is 9.59 Å². The van der Waals surface area contributed by atoms with Crippen LogP contribution < -0.4 is 16.4 Å². The van der Waals surface area contributed by atoms with Gasteiger partial charge in [-0.2, -0.15) is 0 Å². The van der Waals surface area contributed by atoms with E-state index in [2.05, 4.69) is 10.6 Å². The summed E-state index contributed by atoms with van der Waals surface area (Å²) in [5.74, 6) is -0.0575. The molecule has 1 rings (SSSR count). The first-order valence-electron chi connectivity index (χ1n) is 6.95. The summed E-state index contributed by atoms with van der Waals surface area (Å²) in [5.41, 5.74) is 6.99. The molecule has 0 saturated heterocycles. The van der Waals surface area contributed by atoms with Crippen LogP contribution in [-0.2, 0) is 11.3 Å². The fourth-order valence-electron chi connectivity index (χ4n) is 1.81. The Hall–Kier alpha value is -1.88. The number of benzene rings is 1. The molecule has 5 heteroatoms. The van der Waals surface area contributed by atoms with Crippen molar-refractivity contribution >= 4 is 11.8 Å². The normalized spacial score (nSPS) is 10.1. The minimum absolute atomic E-state index is 0.0531. The molecular formula is C15H23N3O2. The maximum absolute atomic E-state index is 11.6. The van der Waals surface area contributed by atoms with Crippen molar-refractivity contribution in [3.8, 4) is 0 Å². The zero-order chi connectivity index (χ0) is 14.8. The van der Waals surface area contributed by atoms with Crippen LogP contribution >= 0.6 is 0 Å². The van der Waals surface area contributed by atoms with Gasteiger partial charge < -0.3 is 16.4 Å². The minimum Gasteiger partial charge on any atom is -0.355 e. The van der Waals surface area contributed by atoms with Crippen molar-refractivity contribution in [2.75, 3.05) is 13.6 Å². The van der Waals surface area contributed by atoms with Crippen LogP contribution in [0, 0.1) is 0 Å². The third kappa shape index (κ3) is 5.84. The number of hydrogen-bond donors (Lipinski definition) is 3. The first kappa shape index (κ1) is 16.2. The van der Waals surface area contributed by atoms with Gasteiger partial charge in [0.05, 0.1) is 0 Å². The number of nitrogens with one attached hydrogen (secondary N) is 2. The van der Waals surface area contributed by atoms with E-state index >= 15 is 0 Å². The van der Waals surface area contributed by atoms with E-state index in [4.69, 9.17) is 5.73 Å². The van der Waals surface area contributed by atoms with Gasteiger partial charge >= 0.3 is 0 Å². The van der Waals surface area contributed by atoms with Crippen LogP contribution in [0.2, 0.25) is 0 Å². The van der Waals surface area contributed by atoms with Gasteiger partial charge in [0.1, 0.15) is 0 Å². The summed E-state index contributed by atoms with van der Waals surface area (Å²) in [6.07, 6.45) is 3.37. The molecule has 0 aliphatic heterocycles. The molecule has 0 unspecified atom stereocenters. The Morgan fingerprint density at radius 1 is 1.10 bits per heavy atom. The van der Waals surface area contributed by atoms with E-state index in [1.165, 1.54) is 0 Å². The highest BCUT2D eigenvalue weighted by atomic mass is 16.2. The monoisotopic (exact) mass is 277 g/mol. The van der Waals surface area contributed by atoms with Gasteiger partial charge in [-0.25, -0.2) is 0 Å². The summed E-state index contributed by atoms with van der Waals surface area (Å²) in [6, 6.07) is 7.20. The Bertz CT molecular complexity index is 429. The van der Waals surface area contributed by atoms with Gasteiger partial charge in [0.15, 0.2) is 0 Å². The predicted molar refractivity (Wildman–Crippen MR) is 79.2 cm³/mol. The average Bonchev–Trinajstić information content (AvgIpc) is 2.49. The van der Waals surface area contributed by atoms with Crippen molar-refractivity contribution in [1.29, 1.82) is 0 Å². The van der Waals surface area contributed by atoms with Gasteiger partial charge in [-0.15, -0.1) is 0 Å². The molecule has 1 aromatic carbocycles. The zero-order valence-electron chi connectivity index (χ0n) is 11.9. The zero-order valence-corrected chi connectivity index (χ0v) is 11.9. The van der Waals surface area contributed by atoms with E-state index in [9.17, 15) is 9.59 Å². The minimum atomic E-state index is -0.111. The summed E-state index contributed by atoms with van der Waals surface area (Å²) in [4.78, 5) is 23.0. The summed E-state index contributed by atoms with van der Waals surface area (Å²) in [5, 5.41) is 5.43. The first-order valence-corrected chi connectivity index (χ1v) is 6.95. The van der Waals surface area contributed by atoms with E-state index < -0.39 is 0 Å². The molecule has 1 aromatic rings. The topological polar surface area (TPSA) is 84.2 Å². The van der Waals surface area contributed by atoms with Gasteiger partial charge in [0.2, 0.25) is 5.91 Å². The predicted octanol–water partition coefficient (Wildman–Crippen LogP) is 1.18. The molecule has 2 amide bonds. The lowest BCUT2D eigenvalue weighted by molar-refractivity contribution is -0.121. The third-order valence-corrected chi connectivity index (χ3v) is 3.04. The van der Waals surface area contributed by atoms with E-state index in [1.54, 1.807) is 19.2 Å². The Balaban J connectivity index is 2.31. The van der Waals surface area contributed by atoms with E-state index in [1.807, 2.05) is 12.1 Å². The lowest BCUT2D eigenvalue weighted by Crippen LogP contribution is -2.22. The number of nitrogens with two attached hydrogens (primary N) is 1. The lowest BCUT2D eigenvalue weighted by atomic mass is 10.1. The summed E-state index contributed by atoms with van der Waals surface area (Å²) in [7, 11) is 1.60. The molecule has 20 heavy (non-hydrogen) atoms. The van der Waals surface area contributed by atoms with Crippen LogP contribution in [0.1, 0.15) is 41.6 Å². The van der Waals surface area contributed by atoms with Crippen molar-refractivity contribution in [2.45, 2.75) is 32.2 Å². The molecule has 0 atom stereocenters. The number of carbonyl (C=O) groups is 2. The van der Waals surface area contributed by atoms with E-state index in [0.717, 1.165) is 24.8 Å². The Morgan fingerprint density at radius 2 is 1.80 bits per heavy atom. The van der Waals surface area contributed by atoms with Gasteiger partial charge in [0, 0.05) is 25.6 Å². The Morgan fingerprint density at radius 3 is 2.40 bits per heavy atom. The molecule has 0 heterocycles. The van der Waals surface area contributed by atoms with Crippen LogP contribution in [0.4, 0.5) is 0 Å². The summed E-state index contributed by atoms with van der Waals surface area (Å²) >= 11 is 0. The number of rotatable bonds is 8. The molecule has 0 radical (unpaired) electrons. The van der Waals surface area contributed by atoms with Crippen molar-refractivity contribution in [3.63, 3.8) is 0 Å². The number of hydrogen-bond acceptors (Lipinski definition) is 3. The second-order valence-electron chi connectivity index (χ2n) is 4.65. The van der Waals surface area contributed by atoms with E-state index in [-0.39, 0.29) is 11.8 Å².